The Bertz CT molecular complexity index is 508. The first kappa shape index (κ1) is 12.8. The number of nitrogens with zero attached hydrogens (tertiary/aromatic N) is 2. The summed E-state index contributed by atoms with van der Waals surface area (Å²) < 4.78 is 1.83. The zero-order valence-corrected chi connectivity index (χ0v) is 11.4. The number of nitrogens with two attached hydrogens (primary N) is 1. The first-order valence-electron chi connectivity index (χ1n) is 6.37. The van der Waals surface area contributed by atoms with Crippen molar-refractivity contribution in [1.29, 1.82) is 0 Å². The third-order valence-electron chi connectivity index (χ3n) is 3.42. The van der Waals surface area contributed by atoms with Crippen LogP contribution in [-0.4, -0.2) is 9.78 Å². The van der Waals surface area contributed by atoms with Crippen LogP contribution in [0.25, 0.3) is 0 Å². The summed E-state index contributed by atoms with van der Waals surface area (Å²) in [7, 11) is 1.94. The summed E-state index contributed by atoms with van der Waals surface area (Å²) in [6, 6.07) is 6.45. The standard InChI is InChI=1S/C15H21N3/c1-11-5-4-6-12(2)15(11)14(16)8-7-13-9-17-18(3)10-13/h4-6,9-10,14H,7-8,16H2,1-3H3. The van der Waals surface area contributed by atoms with Crippen LogP contribution in [0.4, 0.5) is 0 Å². The van der Waals surface area contributed by atoms with Gasteiger partial charge in [-0.25, -0.2) is 0 Å². The van der Waals surface area contributed by atoms with E-state index in [1.54, 1.807) is 0 Å². The molecule has 1 heterocycles. The van der Waals surface area contributed by atoms with Crippen LogP contribution in [0.15, 0.2) is 30.6 Å². The maximum Gasteiger partial charge on any atom is 0.0521 e. The van der Waals surface area contributed by atoms with Gasteiger partial charge in [0.2, 0.25) is 0 Å². The Kier molecular flexibility index (Phi) is 3.82. The van der Waals surface area contributed by atoms with E-state index < -0.39 is 0 Å². The third kappa shape index (κ3) is 2.79. The monoisotopic (exact) mass is 243 g/mol. The van der Waals surface area contributed by atoms with Gasteiger partial charge in [0.1, 0.15) is 0 Å². The van der Waals surface area contributed by atoms with Crippen LogP contribution < -0.4 is 5.73 Å². The van der Waals surface area contributed by atoms with E-state index in [1.165, 1.54) is 22.3 Å². The molecule has 1 aromatic heterocycles. The molecule has 1 unspecified atom stereocenters. The average Bonchev–Trinajstić information content (AvgIpc) is 2.72. The van der Waals surface area contributed by atoms with Gasteiger partial charge in [-0.1, -0.05) is 18.2 Å². The highest BCUT2D eigenvalue weighted by molar-refractivity contribution is 5.36. The number of aromatic nitrogens is 2. The van der Waals surface area contributed by atoms with Crippen molar-refractivity contribution >= 4 is 0 Å². The van der Waals surface area contributed by atoms with Gasteiger partial charge in [-0.3, -0.25) is 4.68 Å². The highest BCUT2D eigenvalue weighted by atomic mass is 15.2. The van der Waals surface area contributed by atoms with Crippen molar-refractivity contribution in [2.24, 2.45) is 12.8 Å². The quantitative estimate of drug-likeness (QED) is 0.897. The van der Waals surface area contributed by atoms with Gasteiger partial charge in [0.05, 0.1) is 6.20 Å². The summed E-state index contributed by atoms with van der Waals surface area (Å²) in [4.78, 5) is 0. The second-order valence-corrected chi connectivity index (χ2v) is 4.97. The van der Waals surface area contributed by atoms with Crippen LogP contribution in [0, 0.1) is 13.8 Å². The van der Waals surface area contributed by atoms with E-state index in [4.69, 9.17) is 5.73 Å². The molecule has 0 spiro atoms. The molecule has 1 aromatic carbocycles. The highest BCUT2D eigenvalue weighted by Crippen LogP contribution is 2.23. The summed E-state index contributed by atoms with van der Waals surface area (Å²) in [5, 5.41) is 4.18. The fourth-order valence-corrected chi connectivity index (χ4v) is 2.48. The zero-order valence-electron chi connectivity index (χ0n) is 11.4. The lowest BCUT2D eigenvalue weighted by Crippen LogP contribution is -2.14. The van der Waals surface area contributed by atoms with Gasteiger partial charge in [0, 0.05) is 19.3 Å². The largest absolute Gasteiger partial charge is 0.324 e. The SMILES string of the molecule is Cc1cccc(C)c1C(N)CCc1cnn(C)c1. The molecule has 1 atom stereocenters. The maximum absolute atomic E-state index is 6.32. The maximum atomic E-state index is 6.32. The molecule has 0 bridgehead atoms. The van der Waals surface area contributed by atoms with Gasteiger partial charge >= 0.3 is 0 Å². The Labute approximate surface area is 109 Å². The topological polar surface area (TPSA) is 43.8 Å². The number of rotatable bonds is 4. The summed E-state index contributed by atoms with van der Waals surface area (Å²) in [5.41, 5.74) is 11.4. The molecule has 0 fully saturated rings. The van der Waals surface area contributed by atoms with Crippen molar-refractivity contribution < 1.29 is 0 Å². The normalized spacial score (nSPS) is 12.7. The van der Waals surface area contributed by atoms with Crippen molar-refractivity contribution in [3.8, 4) is 0 Å². The zero-order chi connectivity index (χ0) is 13.1. The predicted octanol–water partition coefficient (Wildman–Crippen LogP) is 2.67. The fourth-order valence-electron chi connectivity index (χ4n) is 2.48. The van der Waals surface area contributed by atoms with Gasteiger partial charge in [-0.05, 0) is 48.9 Å². The second-order valence-electron chi connectivity index (χ2n) is 4.97. The van der Waals surface area contributed by atoms with Crippen molar-refractivity contribution in [3.05, 3.63) is 52.8 Å². The Morgan fingerprint density at radius 3 is 2.50 bits per heavy atom. The number of hydrogen-bond donors (Lipinski definition) is 1. The molecule has 2 N–H and O–H groups in total. The first-order chi connectivity index (χ1) is 8.58. The van der Waals surface area contributed by atoms with Gasteiger partial charge < -0.3 is 5.73 Å². The van der Waals surface area contributed by atoms with E-state index in [1.807, 2.05) is 17.9 Å². The molecular weight excluding hydrogens is 222 g/mol. The highest BCUT2D eigenvalue weighted by Gasteiger charge is 2.11. The molecule has 0 aliphatic rings. The molecule has 0 aliphatic heterocycles. The predicted molar refractivity (Wildman–Crippen MR) is 74.4 cm³/mol. The lowest BCUT2D eigenvalue weighted by atomic mass is 9.93. The fraction of sp³-hybridized carbons (Fsp3) is 0.400. The number of benzene rings is 1. The van der Waals surface area contributed by atoms with Crippen molar-refractivity contribution in [1.82, 2.24) is 9.78 Å². The van der Waals surface area contributed by atoms with E-state index in [0.29, 0.717) is 0 Å². The third-order valence-corrected chi connectivity index (χ3v) is 3.42. The molecule has 0 radical (unpaired) electrons. The van der Waals surface area contributed by atoms with Crippen LogP contribution in [-0.2, 0) is 13.5 Å². The van der Waals surface area contributed by atoms with Gasteiger partial charge in [-0.2, -0.15) is 5.10 Å². The van der Waals surface area contributed by atoms with E-state index in [9.17, 15) is 0 Å². The molecule has 0 aliphatic carbocycles. The van der Waals surface area contributed by atoms with Crippen LogP contribution in [0.1, 0.15) is 34.7 Å². The minimum atomic E-state index is 0.103. The van der Waals surface area contributed by atoms with E-state index >= 15 is 0 Å². The molecular formula is C15H21N3. The lowest BCUT2D eigenvalue weighted by molar-refractivity contribution is 0.643. The molecule has 3 heteroatoms. The molecule has 3 nitrogen and oxygen atoms in total. The molecule has 96 valence electrons. The molecule has 0 saturated carbocycles. The Morgan fingerprint density at radius 1 is 1.28 bits per heavy atom. The number of aryl methyl sites for hydroxylation is 4. The Balaban J connectivity index is 2.06. The first-order valence-corrected chi connectivity index (χ1v) is 6.37. The van der Waals surface area contributed by atoms with Gasteiger partial charge in [-0.15, -0.1) is 0 Å². The minimum absolute atomic E-state index is 0.103. The molecule has 2 rings (SSSR count). The molecule has 18 heavy (non-hydrogen) atoms. The average molecular weight is 243 g/mol. The van der Waals surface area contributed by atoms with Crippen molar-refractivity contribution in [3.63, 3.8) is 0 Å². The van der Waals surface area contributed by atoms with Crippen molar-refractivity contribution in [2.45, 2.75) is 32.7 Å². The smallest absolute Gasteiger partial charge is 0.0521 e. The second kappa shape index (κ2) is 5.36. The van der Waals surface area contributed by atoms with Gasteiger partial charge in [0.15, 0.2) is 0 Å². The Morgan fingerprint density at radius 2 is 1.94 bits per heavy atom. The van der Waals surface area contributed by atoms with Crippen molar-refractivity contribution in [2.75, 3.05) is 0 Å². The van der Waals surface area contributed by atoms with E-state index in [0.717, 1.165) is 12.8 Å². The number of hydrogen-bond acceptors (Lipinski definition) is 2. The lowest BCUT2D eigenvalue weighted by Gasteiger charge is -2.17. The van der Waals surface area contributed by atoms with Crippen LogP contribution in [0.3, 0.4) is 0 Å². The Hall–Kier alpha value is -1.61. The summed E-state index contributed by atoms with van der Waals surface area (Å²) >= 11 is 0. The molecule has 2 aromatic rings. The summed E-state index contributed by atoms with van der Waals surface area (Å²) in [5.74, 6) is 0. The summed E-state index contributed by atoms with van der Waals surface area (Å²) in [6.45, 7) is 4.26. The summed E-state index contributed by atoms with van der Waals surface area (Å²) in [6.07, 6.45) is 5.90. The molecule has 0 saturated heterocycles. The van der Waals surface area contributed by atoms with E-state index in [-0.39, 0.29) is 6.04 Å². The molecule has 0 amide bonds. The van der Waals surface area contributed by atoms with E-state index in [2.05, 4.69) is 43.3 Å². The van der Waals surface area contributed by atoms with Gasteiger partial charge in [0.25, 0.3) is 0 Å². The van der Waals surface area contributed by atoms with Crippen LogP contribution in [0.2, 0.25) is 0 Å². The van der Waals surface area contributed by atoms with Crippen LogP contribution >= 0.6 is 0 Å². The van der Waals surface area contributed by atoms with Crippen LogP contribution in [0.5, 0.6) is 0 Å². The minimum Gasteiger partial charge on any atom is -0.324 e.